The number of anilines is 1. The maximum absolute atomic E-state index is 11.0. The third-order valence-corrected chi connectivity index (χ3v) is 2.42. The number of hydrogen-bond donors (Lipinski definition) is 2. The number of pyridine rings is 1. The molecule has 2 N–H and O–H groups in total. The number of nitrogens with one attached hydrogen (secondary N) is 1. The molecule has 1 heterocycles. The predicted octanol–water partition coefficient (Wildman–Crippen LogP) is 0.763. The van der Waals surface area contributed by atoms with E-state index in [1.165, 1.54) is 7.11 Å². The quantitative estimate of drug-likeness (QED) is 0.551. The molecular formula is C11H12N4O5. The van der Waals surface area contributed by atoms with Gasteiger partial charge in [-0.2, -0.15) is 5.26 Å². The molecule has 106 valence electrons. The van der Waals surface area contributed by atoms with Crippen molar-refractivity contribution in [2.24, 2.45) is 0 Å². The smallest absolute Gasteiger partial charge is 0.326 e. The van der Waals surface area contributed by atoms with E-state index in [4.69, 9.17) is 15.1 Å². The Balaban J connectivity index is 2.98. The van der Waals surface area contributed by atoms with Gasteiger partial charge in [-0.25, -0.2) is 9.78 Å². The first-order chi connectivity index (χ1) is 9.49. The molecule has 0 bridgehead atoms. The molecule has 0 aliphatic rings. The monoisotopic (exact) mass is 280 g/mol. The molecule has 0 radical (unpaired) electrons. The van der Waals surface area contributed by atoms with Crippen molar-refractivity contribution in [2.45, 2.75) is 12.5 Å². The number of nitro groups is 1. The van der Waals surface area contributed by atoms with Gasteiger partial charge in [-0.1, -0.05) is 0 Å². The molecule has 0 saturated carbocycles. The Bertz CT molecular complexity index is 554. The van der Waals surface area contributed by atoms with Crippen molar-refractivity contribution in [2.75, 3.05) is 19.0 Å². The molecule has 20 heavy (non-hydrogen) atoms. The topological polar surface area (TPSA) is 138 Å². The highest BCUT2D eigenvalue weighted by Gasteiger charge is 2.20. The number of carboxylic acid groups (broad SMARTS) is 1. The molecular weight excluding hydrogens is 268 g/mol. The van der Waals surface area contributed by atoms with Crippen molar-refractivity contribution in [3.8, 4) is 6.07 Å². The maximum Gasteiger partial charge on any atom is 0.326 e. The van der Waals surface area contributed by atoms with Gasteiger partial charge < -0.3 is 15.2 Å². The lowest BCUT2D eigenvalue weighted by molar-refractivity contribution is -0.385. The number of carboxylic acids is 1. The number of aromatic nitrogens is 1. The highest BCUT2D eigenvalue weighted by molar-refractivity contribution is 5.77. The third-order valence-electron chi connectivity index (χ3n) is 2.42. The average Bonchev–Trinajstić information content (AvgIpc) is 2.42. The van der Waals surface area contributed by atoms with Crippen LogP contribution in [0.5, 0.6) is 0 Å². The van der Waals surface area contributed by atoms with Crippen LogP contribution in [0.3, 0.4) is 0 Å². The summed E-state index contributed by atoms with van der Waals surface area (Å²) >= 11 is 0. The Hall–Kier alpha value is -2.73. The van der Waals surface area contributed by atoms with Gasteiger partial charge in [0, 0.05) is 26.2 Å². The first-order valence-electron chi connectivity index (χ1n) is 5.52. The molecule has 1 aromatic heterocycles. The van der Waals surface area contributed by atoms with E-state index in [9.17, 15) is 14.9 Å². The summed E-state index contributed by atoms with van der Waals surface area (Å²) < 4.78 is 4.79. The summed E-state index contributed by atoms with van der Waals surface area (Å²) in [5.41, 5.74) is -0.432. The van der Waals surface area contributed by atoms with Gasteiger partial charge in [0.2, 0.25) is 0 Å². The van der Waals surface area contributed by atoms with E-state index >= 15 is 0 Å². The van der Waals surface area contributed by atoms with Crippen LogP contribution in [0, 0.1) is 21.4 Å². The minimum atomic E-state index is -1.13. The van der Waals surface area contributed by atoms with Gasteiger partial charge in [0.1, 0.15) is 29.7 Å². The van der Waals surface area contributed by atoms with Crippen molar-refractivity contribution in [3.05, 3.63) is 27.9 Å². The highest BCUT2D eigenvalue weighted by atomic mass is 16.6. The predicted molar refractivity (Wildman–Crippen MR) is 67.1 cm³/mol. The van der Waals surface area contributed by atoms with Crippen molar-refractivity contribution in [1.29, 1.82) is 5.26 Å². The summed E-state index contributed by atoms with van der Waals surface area (Å²) in [6.07, 6.45) is 1.12. The van der Waals surface area contributed by atoms with Crippen LogP contribution in [-0.4, -0.2) is 40.7 Å². The number of rotatable bonds is 7. The molecule has 0 spiro atoms. The molecule has 9 heteroatoms. The number of nitriles is 1. The molecule has 1 rings (SSSR count). The normalized spacial score (nSPS) is 11.4. The molecule has 1 atom stereocenters. The van der Waals surface area contributed by atoms with Gasteiger partial charge in [-0.05, 0) is 0 Å². The molecule has 9 nitrogen and oxygen atoms in total. The standard InChI is InChI=1S/C11H12N4O5/c1-20-3-2-9(11(16)17)14-10-7(5-12)4-8(6-13-10)15(18)19/h4,6,9H,2-3H2,1H3,(H,13,14)(H,16,17). The van der Waals surface area contributed by atoms with Crippen LogP contribution in [0.4, 0.5) is 11.5 Å². The summed E-state index contributed by atoms with van der Waals surface area (Å²) in [4.78, 5) is 24.7. The lowest BCUT2D eigenvalue weighted by atomic mass is 10.2. The van der Waals surface area contributed by atoms with E-state index in [-0.39, 0.29) is 30.1 Å². The molecule has 0 amide bonds. The summed E-state index contributed by atoms with van der Waals surface area (Å²) in [6.45, 7) is 0.207. The minimum Gasteiger partial charge on any atom is -0.480 e. The molecule has 0 aliphatic carbocycles. The number of hydrogen-bond acceptors (Lipinski definition) is 7. The number of carbonyl (C=O) groups is 1. The number of nitrogens with zero attached hydrogens (tertiary/aromatic N) is 3. The summed E-state index contributed by atoms with van der Waals surface area (Å²) in [7, 11) is 1.43. The van der Waals surface area contributed by atoms with E-state index in [0.717, 1.165) is 12.3 Å². The highest BCUT2D eigenvalue weighted by Crippen LogP contribution is 2.19. The summed E-state index contributed by atoms with van der Waals surface area (Å²) in [5.74, 6) is -1.15. The molecule has 0 fully saturated rings. The van der Waals surface area contributed by atoms with E-state index in [1.807, 2.05) is 0 Å². The van der Waals surface area contributed by atoms with Crippen molar-refractivity contribution in [1.82, 2.24) is 4.98 Å². The number of methoxy groups -OCH3 is 1. The van der Waals surface area contributed by atoms with E-state index < -0.39 is 16.9 Å². The summed E-state index contributed by atoms with van der Waals surface area (Å²) in [6, 6.07) is 1.77. The SMILES string of the molecule is COCCC(Nc1ncc([N+](=O)[O-])cc1C#N)C(=O)O. The van der Waals surface area contributed by atoms with Crippen LogP contribution in [0.1, 0.15) is 12.0 Å². The van der Waals surface area contributed by atoms with E-state index in [1.54, 1.807) is 6.07 Å². The Morgan fingerprint density at radius 1 is 1.75 bits per heavy atom. The Labute approximate surface area is 114 Å². The Morgan fingerprint density at radius 3 is 2.95 bits per heavy atom. The fourth-order valence-electron chi connectivity index (χ4n) is 1.41. The second-order valence-electron chi connectivity index (χ2n) is 3.78. The van der Waals surface area contributed by atoms with Gasteiger partial charge in [0.05, 0.1) is 4.92 Å². The van der Waals surface area contributed by atoms with Gasteiger partial charge in [-0.15, -0.1) is 0 Å². The van der Waals surface area contributed by atoms with Gasteiger partial charge in [0.15, 0.2) is 0 Å². The lowest BCUT2D eigenvalue weighted by Crippen LogP contribution is -2.31. The van der Waals surface area contributed by atoms with Crippen molar-refractivity contribution < 1.29 is 19.6 Å². The second-order valence-corrected chi connectivity index (χ2v) is 3.78. The maximum atomic E-state index is 11.0. The Morgan fingerprint density at radius 2 is 2.45 bits per heavy atom. The lowest BCUT2D eigenvalue weighted by Gasteiger charge is -2.15. The zero-order valence-electron chi connectivity index (χ0n) is 10.6. The van der Waals surface area contributed by atoms with E-state index in [0.29, 0.717) is 0 Å². The molecule has 0 aliphatic heterocycles. The Kier molecular flexibility index (Phi) is 5.37. The minimum absolute atomic E-state index is 0.0124. The largest absolute Gasteiger partial charge is 0.480 e. The second kappa shape index (κ2) is 7.01. The van der Waals surface area contributed by atoms with Crippen LogP contribution in [0.2, 0.25) is 0 Å². The molecule has 0 aromatic carbocycles. The van der Waals surface area contributed by atoms with Crippen LogP contribution in [0.15, 0.2) is 12.3 Å². The zero-order valence-corrected chi connectivity index (χ0v) is 10.6. The first-order valence-corrected chi connectivity index (χ1v) is 5.52. The molecule has 1 unspecified atom stereocenters. The fourth-order valence-corrected chi connectivity index (χ4v) is 1.41. The van der Waals surface area contributed by atoms with Crippen LogP contribution >= 0.6 is 0 Å². The third kappa shape index (κ3) is 3.89. The van der Waals surface area contributed by atoms with Gasteiger partial charge in [-0.3, -0.25) is 10.1 Å². The number of ether oxygens (including phenoxy) is 1. The van der Waals surface area contributed by atoms with Crippen molar-refractivity contribution >= 4 is 17.5 Å². The van der Waals surface area contributed by atoms with E-state index in [2.05, 4.69) is 10.3 Å². The van der Waals surface area contributed by atoms with Crippen LogP contribution < -0.4 is 5.32 Å². The van der Waals surface area contributed by atoms with Gasteiger partial charge >= 0.3 is 5.97 Å². The number of aliphatic carboxylic acids is 1. The average molecular weight is 280 g/mol. The van der Waals surface area contributed by atoms with Crippen molar-refractivity contribution in [3.63, 3.8) is 0 Å². The zero-order chi connectivity index (χ0) is 15.1. The van der Waals surface area contributed by atoms with Gasteiger partial charge in [0.25, 0.3) is 5.69 Å². The fraction of sp³-hybridized carbons (Fsp3) is 0.364. The van der Waals surface area contributed by atoms with Crippen LogP contribution in [-0.2, 0) is 9.53 Å². The van der Waals surface area contributed by atoms with Crippen LogP contribution in [0.25, 0.3) is 0 Å². The summed E-state index contributed by atoms with van der Waals surface area (Å²) in [5, 5.41) is 31.1. The first kappa shape index (κ1) is 15.3. The molecule has 1 aromatic rings. The molecule has 0 saturated heterocycles.